The summed E-state index contributed by atoms with van der Waals surface area (Å²) in [6, 6.07) is 12.1. The number of anilines is 1. The molecule has 1 aliphatic rings. The number of nitrogens with zero attached hydrogens (tertiary/aromatic N) is 1. The van der Waals surface area contributed by atoms with Crippen LogP contribution in [0.3, 0.4) is 0 Å². The second-order valence-electron chi connectivity index (χ2n) is 8.52. The third kappa shape index (κ3) is 7.81. The highest BCUT2D eigenvalue weighted by atomic mass is 35.5. The molecule has 0 atom stereocenters. The summed E-state index contributed by atoms with van der Waals surface area (Å²) in [6.07, 6.45) is -3.37. The zero-order chi connectivity index (χ0) is 30.3. The van der Waals surface area contributed by atoms with Crippen LogP contribution in [0.2, 0.25) is 5.02 Å². The lowest BCUT2D eigenvalue weighted by atomic mass is 10.2. The van der Waals surface area contributed by atoms with Crippen molar-refractivity contribution < 1.29 is 46.5 Å². The summed E-state index contributed by atoms with van der Waals surface area (Å²) in [6.45, 7) is -0.405. The van der Waals surface area contributed by atoms with Crippen LogP contribution in [0.1, 0.15) is 16.7 Å². The number of alkyl halides is 3. The molecule has 0 spiro atoms. The Kier molecular flexibility index (Phi) is 9.37. The number of rotatable bonds is 9. The van der Waals surface area contributed by atoms with Crippen LogP contribution in [0.5, 0.6) is 23.0 Å². The van der Waals surface area contributed by atoms with Crippen LogP contribution in [0.25, 0.3) is 0 Å². The van der Waals surface area contributed by atoms with E-state index >= 15 is 0 Å². The van der Waals surface area contributed by atoms with Crippen LogP contribution >= 0.6 is 11.6 Å². The van der Waals surface area contributed by atoms with Crippen LogP contribution in [0, 0.1) is 0 Å². The molecule has 0 aromatic heterocycles. The number of benzene rings is 3. The standard InChI is InChI=1S/C27H22ClF3N4O7/c1-39-22-9-16(12-33-35-26(38)25(37)32-11-15-5-6-20-21(8-15)42-14-41-20)7-19(28)24(22)40-13-23(36)34-18-4-2-3-17(10-18)27(29,30)31/h2-10,12H,11,13-14H2,1H3,(H,32,37)(H,34,36)(H,35,38)/b33-12-. The number of hydrogen-bond acceptors (Lipinski definition) is 8. The van der Waals surface area contributed by atoms with Crippen molar-refractivity contribution in [2.45, 2.75) is 12.7 Å². The average Bonchev–Trinajstić information content (AvgIpc) is 3.42. The number of hydrazone groups is 1. The summed E-state index contributed by atoms with van der Waals surface area (Å²) >= 11 is 6.26. The lowest BCUT2D eigenvalue weighted by Crippen LogP contribution is -2.37. The van der Waals surface area contributed by atoms with E-state index in [1.807, 2.05) is 0 Å². The molecule has 42 heavy (non-hydrogen) atoms. The van der Waals surface area contributed by atoms with E-state index in [-0.39, 0.29) is 35.5 Å². The molecule has 3 aromatic carbocycles. The SMILES string of the molecule is COc1cc(/C=N\NC(=O)C(=O)NCc2ccc3c(c2)OCO3)cc(Cl)c1OCC(=O)Nc1cccc(C(F)(F)F)c1. The van der Waals surface area contributed by atoms with Gasteiger partial charge in [0.2, 0.25) is 6.79 Å². The number of fused-ring (bicyclic) bond motifs is 1. The summed E-state index contributed by atoms with van der Waals surface area (Å²) in [5.74, 6) is -1.46. The summed E-state index contributed by atoms with van der Waals surface area (Å²) in [7, 11) is 1.31. The Labute approximate surface area is 241 Å². The molecule has 0 fully saturated rings. The molecule has 0 saturated heterocycles. The third-order valence-electron chi connectivity index (χ3n) is 5.55. The van der Waals surface area contributed by atoms with Gasteiger partial charge in [-0.1, -0.05) is 23.7 Å². The van der Waals surface area contributed by atoms with E-state index in [1.54, 1.807) is 18.2 Å². The van der Waals surface area contributed by atoms with Gasteiger partial charge in [-0.25, -0.2) is 5.43 Å². The molecule has 1 aliphatic heterocycles. The monoisotopic (exact) mass is 606 g/mol. The zero-order valence-electron chi connectivity index (χ0n) is 21.7. The van der Waals surface area contributed by atoms with Crippen LogP contribution < -0.4 is 35.0 Å². The van der Waals surface area contributed by atoms with E-state index in [4.69, 9.17) is 30.5 Å². The Hall–Kier alpha value is -4.98. The molecule has 3 aromatic rings. The van der Waals surface area contributed by atoms with Crippen molar-refractivity contribution in [3.05, 3.63) is 76.3 Å². The molecule has 3 amide bonds. The second-order valence-corrected chi connectivity index (χ2v) is 8.93. The van der Waals surface area contributed by atoms with Crippen molar-refractivity contribution in [1.29, 1.82) is 0 Å². The van der Waals surface area contributed by atoms with Crippen LogP contribution in [-0.2, 0) is 27.1 Å². The molecule has 0 unspecified atom stereocenters. The number of halogens is 4. The Morgan fingerprint density at radius 2 is 1.83 bits per heavy atom. The Balaban J connectivity index is 1.29. The van der Waals surface area contributed by atoms with E-state index in [0.717, 1.165) is 18.2 Å². The minimum absolute atomic E-state index is 0.00969. The van der Waals surface area contributed by atoms with Gasteiger partial charge in [-0.3, -0.25) is 14.4 Å². The molecular weight excluding hydrogens is 585 g/mol. The lowest BCUT2D eigenvalue weighted by molar-refractivity contribution is -0.139. The predicted molar refractivity (Wildman–Crippen MR) is 144 cm³/mol. The van der Waals surface area contributed by atoms with Crippen molar-refractivity contribution in [1.82, 2.24) is 10.7 Å². The van der Waals surface area contributed by atoms with Gasteiger partial charge in [0, 0.05) is 12.2 Å². The summed E-state index contributed by atoms with van der Waals surface area (Å²) in [5, 5.41) is 8.52. The van der Waals surface area contributed by atoms with E-state index in [0.29, 0.717) is 22.6 Å². The molecule has 0 bridgehead atoms. The molecule has 11 nitrogen and oxygen atoms in total. The molecule has 1 heterocycles. The lowest BCUT2D eigenvalue weighted by Gasteiger charge is -2.14. The molecule has 3 N–H and O–H groups in total. The molecular formula is C27H22ClF3N4O7. The van der Waals surface area contributed by atoms with Crippen molar-refractivity contribution in [2.75, 3.05) is 25.8 Å². The molecule has 4 rings (SSSR count). The minimum Gasteiger partial charge on any atom is -0.493 e. The maximum absolute atomic E-state index is 12.9. The van der Waals surface area contributed by atoms with Crippen LogP contribution in [0.4, 0.5) is 18.9 Å². The molecule has 0 aliphatic carbocycles. The molecule has 0 radical (unpaired) electrons. The molecule has 15 heteroatoms. The first-order chi connectivity index (χ1) is 20.0. The molecule has 220 valence electrons. The quantitative estimate of drug-likeness (QED) is 0.191. The van der Waals surface area contributed by atoms with Gasteiger partial charge in [0.15, 0.2) is 29.6 Å². The maximum atomic E-state index is 12.9. The van der Waals surface area contributed by atoms with Crippen molar-refractivity contribution in [3.63, 3.8) is 0 Å². The summed E-state index contributed by atoms with van der Waals surface area (Å²) < 4.78 is 59.8. The zero-order valence-corrected chi connectivity index (χ0v) is 22.5. The first-order valence-electron chi connectivity index (χ1n) is 12.0. The van der Waals surface area contributed by atoms with Gasteiger partial charge in [0.1, 0.15) is 0 Å². The largest absolute Gasteiger partial charge is 0.493 e. The fraction of sp³-hybridized carbons (Fsp3) is 0.185. The first-order valence-corrected chi connectivity index (χ1v) is 12.4. The number of carbonyl (C=O) groups is 3. The number of amides is 3. The van der Waals surface area contributed by atoms with Crippen molar-refractivity contribution in [2.24, 2.45) is 5.10 Å². The number of hydrogen-bond donors (Lipinski definition) is 3. The molecule has 0 saturated carbocycles. The van der Waals surface area contributed by atoms with E-state index in [1.165, 1.54) is 31.5 Å². The van der Waals surface area contributed by atoms with E-state index in [2.05, 4.69) is 21.2 Å². The number of ether oxygens (including phenoxy) is 4. The third-order valence-corrected chi connectivity index (χ3v) is 5.83. The highest BCUT2D eigenvalue weighted by Gasteiger charge is 2.30. The number of carbonyl (C=O) groups excluding carboxylic acids is 3. The second kappa shape index (κ2) is 13.1. The van der Waals surface area contributed by atoms with Gasteiger partial charge in [-0.05, 0) is 53.6 Å². The highest BCUT2D eigenvalue weighted by molar-refractivity contribution is 6.35. The van der Waals surface area contributed by atoms with E-state index < -0.39 is 36.1 Å². The van der Waals surface area contributed by atoms with Gasteiger partial charge in [0.05, 0.1) is 23.9 Å². The van der Waals surface area contributed by atoms with Gasteiger partial charge in [0.25, 0.3) is 5.91 Å². The van der Waals surface area contributed by atoms with Gasteiger partial charge < -0.3 is 29.6 Å². The normalized spacial score (nSPS) is 12.1. The Bertz CT molecular complexity index is 1530. The Morgan fingerprint density at radius 3 is 2.60 bits per heavy atom. The maximum Gasteiger partial charge on any atom is 0.416 e. The number of nitrogens with one attached hydrogen (secondary N) is 3. The van der Waals surface area contributed by atoms with Crippen LogP contribution in [-0.4, -0.2) is 44.4 Å². The fourth-order valence-corrected chi connectivity index (χ4v) is 3.87. The highest BCUT2D eigenvalue weighted by Crippen LogP contribution is 2.36. The van der Waals surface area contributed by atoms with Gasteiger partial charge in [-0.15, -0.1) is 0 Å². The topological polar surface area (TPSA) is 137 Å². The fourth-order valence-electron chi connectivity index (χ4n) is 3.59. The van der Waals surface area contributed by atoms with Gasteiger partial charge >= 0.3 is 18.0 Å². The summed E-state index contributed by atoms with van der Waals surface area (Å²) in [5.41, 5.74) is 2.15. The van der Waals surface area contributed by atoms with Crippen molar-refractivity contribution in [3.8, 4) is 23.0 Å². The summed E-state index contributed by atoms with van der Waals surface area (Å²) in [4.78, 5) is 36.4. The van der Waals surface area contributed by atoms with E-state index in [9.17, 15) is 27.6 Å². The first kappa shape index (κ1) is 30.0. The Morgan fingerprint density at radius 1 is 1.05 bits per heavy atom. The smallest absolute Gasteiger partial charge is 0.416 e. The minimum atomic E-state index is -4.56. The van der Waals surface area contributed by atoms with Gasteiger partial charge in [-0.2, -0.15) is 18.3 Å². The van der Waals surface area contributed by atoms with Crippen LogP contribution in [0.15, 0.2) is 59.7 Å². The average molecular weight is 607 g/mol. The van der Waals surface area contributed by atoms with Crippen molar-refractivity contribution >= 4 is 41.2 Å². The predicted octanol–water partition coefficient (Wildman–Crippen LogP) is 3.88. The number of methoxy groups -OCH3 is 1.